The van der Waals surface area contributed by atoms with Crippen LogP contribution in [0.15, 0.2) is 24.8 Å². The number of tetrazole rings is 1. The molecule has 1 aromatic heterocycles. The summed E-state index contributed by atoms with van der Waals surface area (Å²) >= 11 is 6.06. The van der Waals surface area contributed by atoms with Crippen LogP contribution in [0.2, 0.25) is 5.02 Å². The first kappa shape index (κ1) is 11.6. The van der Waals surface area contributed by atoms with Gasteiger partial charge in [-0.3, -0.25) is 4.79 Å². The Morgan fingerprint density at radius 3 is 3.05 bits per heavy atom. The van der Waals surface area contributed by atoms with Crippen molar-refractivity contribution < 1.29 is 4.79 Å². The van der Waals surface area contributed by atoms with Gasteiger partial charge in [-0.05, 0) is 39.3 Å². The third-order valence-electron chi connectivity index (χ3n) is 3.77. The number of amides is 1. The maximum Gasteiger partial charge on any atom is 0.245 e. The monoisotopic (exact) mass is 287 g/mol. The van der Waals surface area contributed by atoms with Gasteiger partial charge in [0, 0.05) is 11.6 Å². The molecule has 7 heteroatoms. The van der Waals surface area contributed by atoms with E-state index in [1.165, 1.54) is 0 Å². The van der Waals surface area contributed by atoms with Crippen molar-refractivity contribution in [3.8, 4) is 0 Å². The van der Waals surface area contributed by atoms with Gasteiger partial charge in [0.15, 0.2) is 5.82 Å². The minimum atomic E-state index is -0.260. The van der Waals surface area contributed by atoms with Crippen LogP contribution in [0.5, 0.6) is 0 Å². The molecule has 0 saturated heterocycles. The third kappa shape index (κ3) is 1.45. The molecule has 6 nitrogen and oxygen atoms in total. The number of hydrogen-bond acceptors (Lipinski definition) is 4. The molecule has 100 valence electrons. The molecule has 0 N–H and O–H groups in total. The first-order valence-corrected chi connectivity index (χ1v) is 6.56. The minimum absolute atomic E-state index is 0.00319. The Morgan fingerprint density at radius 2 is 2.20 bits per heavy atom. The van der Waals surface area contributed by atoms with E-state index in [-0.39, 0.29) is 18.5 Å². The zero-order valence-corrected chi connectivity index (χ0v) is 11.2. The molecule has 1 amide bonds. The van der Waals surface area contributed by atoms with Crippen molar-refractivity contribution in [1.29, 1.82) is 0 Å². The molecule has 1 aromatic carbocycles. The molecular formula is C13H10ClN5O. The summed E-state index contributed by atoms with van der Waals surface area (Å²) in [7, 11) is 0. The van der Waals surface area contributed by atoms with E-state index in [4.69, 9.17) is 11.6 Å². The molecule has 0 spiro atoms. The number of hydrogen-bond donors (Lipinski definition) is 0. The highest BCUT2D eigenvalue weighted by atomic mass is 35.5. The maximum atomic E-state index is 12.3. The quantitative estimate of drug-likeness (QED) is 0.732. The van der Waals surface area contributed by atoms with E-state index >= 15 is 0 Å². The largest absolute Gasteiger partial charge is 0.322 e. The molecular weight excluding hydrogens is 278 g/mol. The van der Waals surface area contributed by atoms with E-state index in [1.54, 1.807) is 9.58 Å². The number of benzene rings is 1. The third-order valence-corrected chi connectivity index (χ3v) is 4.01. The molecule has 4 rings (SSSR count). The van der Waals surface area contributed by atoms with E-state index in [0.29, 0.717) is 17.4 Å². The Bertz CT molecular complexity index is 753. The molecule has 2 aromatic rings. The second-order valence-corrected chi connectivity index (χ2v) is 5.39. The maximum absolute atomic E-state index is 12.3. The second-order valence-electron chi connectivity index (χ2n) is 4.95. The Morgan fingerprint density at radius 1 is 1.35 bits per heavy atom. The fraction of sp³-hybridized carbons (Fsp3) is 0.231. The zero-order chi connectivity index (χ0) is 13.9. The van der Waals surface area contributed by atoms with Crippen molar-refractivity contribution in [2.75, 3.05) is 6.54 Å². The molecule has 3 heterocycles. The average Bonchev–Trinajstić information content (AvgIpc) is 2.87. The van der Waals surface area contributed by atoms with Crippen LogP contribution in [0.4, 0.5) is 0 Å². The first-order valence-electron chi connectivity index (χ1n) is 6.18. The van der Waals surface area contributed by atoms with Gasteiger partial charge in [0.25, 0.3) is 0 Å². The highest BCUT2D eigenvalue weighted by molar-refractivity contribution is 6.30. The minimum Gasteiger partial charge on any atom is -0.322 e. The normalized spacial score (nSPS) is 20.4. The smallest absolute Gasteiger partial charge is 0.245 e. The molecule has 0 aliphatic carbocycles. The van der Waals surface area contributed by atoms with Crippen molar-refractivity contribution in [2.45, 2.75) is 12.6 Å². The number of aromatic nitrogens is 4. The van der Waals surface area contributed by atoms with Crippen molar-refractivity contribution in [1.82, 2.24) is 25.1 Å². The molecule has 2 aliphatic heterocycles. The predicted octanol–water partition coefficient (Wildman–Crippen LogP) is 1.28. The van der Waals surface area contributed by atoms with Gasteiger partial charge in [-0.25, -0.2) is 4.68 Å². The van der Waals surface area contributed by atoms with Crippen molar-refractivity contribution in [3.05, 3.63) is 46.8 Å². The van der Waals surface area contributed by atoms with Crippen LogP contribution in [0.1, 0.15) is 23.0 Å². The summed E-state index contributed by atoms with van der Waals surface area (Å²) in [6.45, 7) is 4.71. The van der Waals surface area contributed by atoms with E-state index in [1.807, 2.05) is 18.2 Å². The van der Waals surface area contributed by atoms with Crippen LogP contribution in [0, 0.1) is 0 Å². The summed E-state index contributed by atoms with van der Waals surface area (Å²) < 4.78 is 1.55. The van der Waals surface area contributed by atoms with Gasteiger partial charge in [-0.1, -0.05) is 24.2 Å². The lowest BCUT2D eigenvalue weighted by Gasteiger charge is -2.40. The van der Waals surface area contributed by atoms with Crippen LogP contribution < -0.4 is 0 Å². The van der Waals surface area contributed by atoms with Crippen LogP contribution in [0.25, 0.3) is 5.57 Å². The Kier molecular flexibility index (Phi) is 2.26. The van der Waals surface area contributed by atoms with Crippen LogP contribution in [0.3, 0.4) is 0 Å². The lowest BCUT2D eigenvalue weighted by atomic mass is 9.88. The molecule has 1 unspecified atom stereocenters. The van der Waals surface area contributed by atoms with Gasteiger partial charge < -0.3 is 4.90 Å². The summed E-state index contributed by atoms with van der Waals surface area (Å²) in [5.74, 6) is 0.678. The average molecular weight is 288 g/mol. The number of carbonyl (C=O) groups is 1. The van der Waals surface area contributed by atoms with Gasteiger partial charge in [-0.2, -0.15) is 0 Å². The fourth-order valence-electron chi connectivity index (χ4n) is 2.87. The van der Waals surface area contributed by atoms with Gasteiger partial charge in [-0.15, -0.1) is 5.10 Å². The fourth-order valence-corrected chi connectivity index (χ4v) is 3.04. The molecule has 2 aliphatic rings. The van der Waals surface area contributed by atoms with E-state index in [2.05, 4.69) is 22.1 Å². The van der Waals surface area contributed by atoms with Crippen molar-refractivity contribution in [3.63, 3.8) is 0 Å². The number of fused-ring (bicyclic) bond motifs is 5. The predicted molar refractivity (Wildman–Crippen MR) is 71.9 cm³/mol. The molecule has 0 saturated carbocycles. The number of carbonyl (C=O) groups excluding carboxylic acids is 1. The van der Waals surface area contributed by atoms with Gasteiger partial charge in [0.2, 0.25) is 5.91 Å². The number of rotatable bonds is 0. The summed E-state index contributed by atoms with van der Waals surface area (Å²) in [6, 6.07) is 5.34. The van der Waals surface area contributed by atoms with Crippen molar-refractivity contribution >= 4 is 23.1 Å². The number of halogens is 1. The first-order chi connectivity index (χ1) is 9.65. The van der Waals surface area contributed by atoms with E-state index < -0.39 is 0 Å². The summed E-state index contributed by atoms with van der Waals surface area (Å²) in [4.78, 5) is 14.0. The van der Waals surface area contributed by atoms with E-state index in [9.17, 15) is 4.79 Å². The molecule has 0 bridgehead atoms. The van der Waals surface area contributed by atoms with Gasteiger partial charge in [0.1, 0.15) is 12.6 Å². The van der Waals surface area contributed by atoms with Crippen molar-refractivity contribution in [2.24, 2.45) is 0 Å². The van der Waals surface area contributed by atoms with E-state index in [0.717, 1.165) is 16.7 Å². The lowest BCUT2D eigenvalue weighted by Crippen LogP contribution is -2.46. The summed E-state index contributed by atoms with van der Waals surface area (Å²) in [5, 5.41) is 12.3. The second kappa shape index (κ2) is 3.89. The summed E-state index contributed by atoms with van der Waals surface area (Å²) in [5.41, 5.74) is 2.82. The highest BCUT2D eigenvalue weighted by Crippen LogP contribution is 2.40. The standard InChI is InChI=1S/C13H10ClN5O/c1-7-5-18-11(20)6-19-13(15-16-17-19)12(18)9-3-2-8(14)4-10(7)9/h2-4,12H,1,5-6H2. The van der Waals surface area contributed by atoms with Gasteiger partial charge >= 0.3 is 0 Å². The van der Waals surface area contributed by atoms with Crippen LogP contribution >= 0.6 is 11.6 Å². The van der Waals surface area contributed by atoms with Crippen LogP contribution in [-0.4, -0.2) is 37.6 Å². The SMILES string of the molecule is C=C1CN2C(=O)Cn3nnnc3C2c2ccc(Cl)cc21. The molecule has 1 atom stereocenters. The van der Waals surface area contributed by atoms with Crippen LogP contribution in [-0.2, 0) is 11.3 Å². The Hall–Kier alpha value is -2.21. The Balaban J connectivity index is 1.98. The molecule has 0 radical (unpaired) electrons. The zero-order valence-electron chi connectivity index (χ0n) is 10.5. The highest BCUT2D eigenvalue weighted by Gasteiger charge is 2.40. The van der Waals surface area contributed by atoms with Gasteiger partial charge in [0.05, 0.1) is 0 Å². The summed E-state index contributed by atoms with van der Waals surface area (Å²) in [6.07, 6.45) is 0. The lowest BCUT2D eigenvalue weighted by molar-refractivity contribution is -0.135. The number of nitrogens with zero attached hydrogens (tertiary/aromatic N) is 5. The Labute approximate surface area is 119 Å². The topological polar surface area (TPSA) is 63.9 Å². The molecule has 0 fully saturated rings. The molecule has 20 heavy (non-hydrogen) atoms.